The molecule has 1 unspecified atom stereocenters. The lowest BCUT2D eigenvalue weighted by Crippen LogP contribution is -2.44. The fourth-order valence-electron chi connectivity index (χ4n) is 4.28. The predicted molar refractivity (Wildman–Crippen MR) is 94.1 cm³/mol. The Kier molecular flexibility index (Phi) is 3.36. The minimum absolute atomic E-state index is 0.0966. The number of Topliss-reactive ketones (excluding diaryl/α,β-unsaturated/α-hetero) is 3. The van der Waals surface area contributed by atoms with E-state index in [0.29, 0.717) is 34.4 Å². The summed E-state index contributed by atoms with van der Waals surface area (Å²) in [7, 11) is 0. The van der Waals surface area contributed by atoms with Crippen molar-refractivity contribution >= 4 is 17.3 Å². The van der Waals surface area contributed by atoms with Crippen molar-refractivity contribution in [3.8, 4) is 0 Å². The number of benzene rings is 1. The van der Waals surface area contributed by atoms with E-state index in [1.54, 1.807) is 24.3 Å². The molecule has 1 N–H and O–H groups in total. The highest BCUT2D eigenvalue weighted by Crippen LogP contribution is 2.47. The highest BCUT2D eigenvalue weighted by Gasteiger charge is 2.47. The molecule has 0 fully saturated rings. The van der Waals surface area contributed by atoms with E-state index in [9.17, 15) is 14.4 Å². The van der Waals surface area contributed by atoms with Crippen molar-refractivity contribution in [3.05, 3.63) is 57.9 Å². The van der Waals surface area contributed by atoms with Crippen LogP contribution in [0.5, 0.6) is 0 Å². The molecule has 2 aliphatic carbocycles. The first-order valence-electron chi connectivity index (χ1n) is 8.76. The fraction of sp³-hybridized carbons (Fsp3) is 0.381. The van der Waals surface area contributed by atoms with Crippen LogP contribution in [0.1, 0.15) is 60.7 Å². The van der Waals surface area contributed by atoms with Crippen LogP contribution in [0.4, 0.5) is 0 Å². The summed E-state index contributed by atoms with van der Waals surface area (Å²) in [4.78, 5) is 39.0. The van der Waals surface area contributed by atoms with Gasteiger partial charge in [-0.1, -0.05) is 45.0 Å². The summed E-state index contributed by atoms with van der Waals surface area (Å²) in [6.07, 6.45) is 2.03. The first-order chi connectivity index (χ1) is 11.8. The van der Waals surface area contributed by atoms with Crippen molar-refractivity contribution < 1.29 is 14.4 Å². The lowest BCUT2D eigenvalue weighted by atomic mass is 9.63. The Labute approximate surface area is 147 Å². The van der Waals surface area contributed by atoms with Gasteiger partial charge in [0, 0.05) is 40.3 Å². The average Bonchev–Trinajstić information content (AvgIpc) is 2.57. The number of hydrogen-bond acceptors (Lipinski definition) is 4. The van der Waals surface area contributed by atoms with Gasteiger partial charge in [0.1, 0.15) is 0 Å². The van der Waals surface area contributed by atoms with Gasteiger partial charge in [-0.25, -0.2) is 0 Å². The van der Waals surface area contributed by atoms with Crippen LogP contribution in [0.15, 0.2) is 46.8 Å². The first-order valence-corrected chi connectivity index (χ1v) is 8.76. The molecule has 1 atom stereocenters. The van der Waals surface area contributed by atoms with E-state index in [1.165, 1.54) is 0 Å². The van der Waals surface area contributed by atoms with Gasteiger partial charge >= 0.3 is 0 Å². The normalized spacial score (nSPS) is 23.2. The Morgan fingerprint density at radius 3 is 2.20 bits per heavy atom. The van der Waals surface area contributed by atoms with Crippen LogP contribution in [0.25, 0.3) is 0 Å². The predicted octanol–water partition coefficient (Wildman–Crippen LogP) is 3.59. The maximum absolute atomic E-state index is 13.3. The minimum Gasteiger partial charge on any atom is -0.355 e. The van der Waals surface area contributed by atoms with Gasteiger partial charge in [0.2, 0.25) is 5.78 Å². The minimum atomic E-state index is -0.351. The van der Waals surface area contributed by atoms with E-state index in [1.807, 2.05) is 20.8 Å². The highest BCUT2D eigenvalue weighted by molar-refractivity contribution is 6.28. The van der Waals surface area contributed by atoms with Crippen LogP contribution >= 0.6 is 0 Å². The molecule has 1 aliphatic heterocycles. The highest BCUT2D eigenvalue weighted by atomic mass is 16.1. The molecular formula is C21H21NO3. The summed E-state index contributed by atoms with van der Waals surface area (Å²) < 4.78 is 0. The Bertz CT molecular complexity index is 896. The largest absolute Gasteiger partial charge is 0.355 e. The van der Waals surface area contributed by atoms with Gasteiger partial charge in [-0.2, -0.15) is 0 Å². The number of fused-ring (bicyclic) bond motifs is 1. The number of hydrogen-bond donors (Lipinski definition) is 1. The van der Waals surface area contributed by atoms with E-state index in [0.717, 1.165) is 18.5 Å². The molecule has 25 heavy (non-hydrogen) atoms. The van der Waals surface area contributed by atoms with Crippen molar-refractivity contribution in [1.82, 2.24) is 5.32 Å². The zero-order chi connectivity index (χ0) is 17.9. The Hall–Kier alpha value is -2.49. The second-order valence-electron chi connectivity index (χ2n) is 8.09. The lowest BCUT2D eigenvalue weighted by Gasteiger charge is -2.42. The molecule has 0 saturated carbocycles. The maximum atomic E-state index is 13.3. The average molecular weight is 335 g/mol. The van der Waals surface area contributed by atoms with Crippen LogP contribution < -0.4 is 5.32 Å². The first kappa shape index (κ1) is 16.0. The monoisotopic (exact) mass is 335 g/mol. The number of allylic oxidation sites excluding steroid dienone is 4. The van der Waals surface area contributed by atoms with Crippen LogP contribution in [-0.4, -0.2) is 17.3 Å². The van der Waals surface area contributed by atoms with Gasteiger partial charge in [-0.3, -0.25) is 14.4 Å². The molecular weight excluding hydrogens is 314 g/mol. The van der Waals surface area contributed by atoms with Gasteiger partial charge in [0.05, 0.1) is 5.70 Å². The standard InChI is InChI=1S/C21H21NO3/c1-21(2,3)17-15-13(9-6-10-14(15)23)22-18-16(17)19(24)11-7-4-5-8-12(11)20(18)25/h4-5,7-8,17,22H,6,9-10H2,1-3H3. The molecule has 1 aromatic rings. The summed E-state index contributed by atoms with van der Waals surface area (Å²) in [5, 5.41) is 3.18. The quantitative estimate of drug-likeness (QED) is 0.787. The summed E-state index contributed by atoms with van der Waals surface area (Å²) in [5.74, 6) is -0.540. The molecule has 4 heteroatoms. The molecule has 3 aliphatic rings. The smallest absolute Gasteiger partial charge is 0.210 e. The maximum Gasteiger partial charge on any atom is 0.210 e. The number of carbonyl (C=O) groups excluding carboxylic acids is 3. The Morgan fingerprint density at radius 1 is 0.920 bits per heavy atom. The number of carbonyl (C=O) groups is 3. The van der Waals surface area contributed by atoms with Crippen molar-refractivity contribution in [2.24, 2.45) is 11.3 Å². The molecule has 0 spiro atoms. The van der Waals surface area contributed by atoms with E-state index in [4.69, 9.17) is 0 Å². The van der Waals surface area contributed by atoms with Crippen molar-refractivity contribution in [2.45, 2.75) is 40.0 Å². The van der Waals surface area contributed by atoms with E-state index >= 15 is 0 Å². The van der Waals surface area contributed by atoms with Crippen LogP contribution in [-0.2, 0) is 4.79 Å². The SMILES string of the molecule is CC(C)(C)C1C2=C(CCCC2=O)NC2=C1C(=O)c1ccccc1C2=O. The number of rotatable bonds is 0. The van der Waals surface area contributed by atoms with Gasteiger partial charge in [0.25, 0.3) is 0 Å². The molecule has 0 amide bonds. The Balaban J connectivity index is 1.97. The third-order valence-electron chi connectivity index (χ3n) is 5.33. The van der Waals surface area contributed by atoms with Crippen molar-refractivity contribution in [2.75, 3.05) is 0 Å². The summed E-state index contributed by atoms with van der Waals surface area (Å²) >= 11 is 0. The van der Waals surface area contributed by atoms with Crippen LogP contribution in [0.3, 0.4) is 0 Å². The topological polar surface area (TPSA) is 63.2 Å². The number of nitrogens with one attached hydrogen (secondary N) is 1. The van der Waals surface area contributed by atoms with Crippen molar-refractivity contribution in [3.63, 3.8) is 0 Å². The molecule has 128 valence electrons. The van der Waals surface area contributed by atoms with E-state index < -0.39 is 0 Å². The Morgan fingerprint density at radius 2 is 1.56 bits per heavy atom. The molecule has 1 aromatic carbocycles. The number of ketones is 3. The van der Waals surface area contributed by atoms with E-state index in [2.05, 4.69) is 5.32 Å². The lowest BCUT2D eigenvalue weighted by molar-refractivity contribution is -0.117. The fourth-order valence-corrected chi connectivity index (χ4v) is 4.28. The van der Waals surface area contributed by atoms with Crippen molar-refractivity contribution in [1.29, 1.82) is 0 Å². The third kappa shape index (κ3) is 2.24. The zero-order valence-electron chi connectivity index (χ0n) is 14.7. The second kappa shape index (κ2) is 5.25. The summed E-state index contributed by atoms with van der Waals surface area (Å²) in [6, 6.07) is 6.94. The van der Waals surface area contributed by atoms with Gasteiger partial charge in [0.15, 0.2) is 11.6 Å². The van der Waals surface area contributed by atoms with Crippen LogP contribution in [0, 0.1) is 11.3 Å². The molecule has 1 heterocycles. The van der Waals surface area contributed by atoms with E-state index in [-0.39, 0.29) is 28.7 Å². The van der Waals surface area contributed by atoms with Gasteiger partial charge in [-0.15, -0.1) is 0 Å². The third-order valence-corrected chi connectivity index (χ3v) is 5.33. The second-order valence-corrected chi connectivity index (χ2v) is 8.09. The molecule has 4 nitrogen and oxygen atoms in total. The molecule has 0 aromatic heterocycles. The number of dihydropyridines is 1. The molecule has 0 radical (unpaired) electrons. The van der Waals surface area contributed by atoms with Crippen LogP contribution in [0.2, 0.25) is 0 Å². The molecule has 0 bridgehead atoms. The zero-order valence-corrected chi connectivity index (χ0v) is 14.7. The summed E-state index contributed by atoms with van der Waals surface area (Å²) in [5.41, 5.74) is 2.92. The van der Waals surface area contributed by atoms with Gasteiger partial charge in [-0.05, 0) is 18.3 Å². The van der Waals surface area contributed by atoms with Gasteiger partial charge < -0.3 is 5.32 Å². The summed E-state index contributed by atoms with van der Waals surface area (Å²) in [6.45, 7) is 6.08. The molecule has 4 rings (SSSR count). The molecule has 0 saturated heterocycles.